The van der Waals surface area contributed by atoms with Crippen molar-refractivity contribution in [3.63, 3.8) is 0 Å². The number of anilines is 1. The summed E-state index contributed by atoms with van der Waals surface area (Å²) in [6.07, 6.45) is 0. The molecule has 108 valence electrons. The summed E-state index contributed by atoms with van der Waals surface area (Å²) in [6, 6.07) is 4.87. The van der Waals surface area contributed by atoms with Crippen LogP contribution in [-0.2, 0) is 9.53 Å². The Balaban J connectivity index is 3.01. The molecule has 0 saturated heterocycles. The predicted molar refractivity (Wildman–Crippen MR) is 86.2 cm³/mol. The van der Waals surface area contributed by atoms with Crippen molar-refractivity contribution in [3.05, 3.63) is 39.5 Å². The minimum absolute atomic E-state index is 0.109. The summed E-state index contributed by atoms with van der Waals surface area (Å²) in [4.78, 5) is 12.0. The van der Waals surface area contributed by atoms with Gasteiger partial charge in [0.25, 0.3) is 0 Å². The van der Waals surface area contributed by atoms with Crippen LogP contribution in [0.25, 0.3) is 0 Å². The van der Waals surface area contributed by atoms with Gasteiger partial charge >= 0.3 is 5.97 Å². The van der Waals surface area contributed by atoms with E-state index in [-0.39, 0.29) is 22.9 Å². The van der Waals surface area contributed by atoms with Crippen molar-refractivity contribution in [3.8, 4) is 0 Å². The molecule has 0 aromatic heterocycles. The van der Waals surface area contributed by atoms with Crippen molar-refractivity contribution in [2.45, 2.75) is 13.8 Å². The van der Waals surface area contributed by atoms with Gasteiger partial charge in [-0.25, -0.2) is 4.79 Å². The Morgan fingerprint density at radius 2 is 2.10 bits per heavy atom. The normalized spacial score (nSPS) is 11.6. The predicted octanol–water partition coefficient (Wildman–Crippen LogP) is 3.53. The van der Waals surface area contributed by atoms with E-state index in [9.17, 15) is 4.79 Å². The quantitative estimate of drug-likeness (QED) is 0.501. The Bertz CT molecular complexity index is 569. The van der Waals surface area contributed by atoms with E-state index in [1.165, 1.54) is 0 Å². The lowest BCUT2D eigenvalue weighted by Gasteiger charge is -2.13. The van der Waals surface area contributed by atoms with Crippen molar-refractivity contribution in [2.75, 3.05) is 11.9 Å². The molecule has 0 fully saturated rings. The van der Waals surface area contributed by atoms with E-state index in [1.807, 2.05) is 0 Å². The zero-order valence-electron chi connectivity index (χ0n) is 11.0. The van der Waals surface area contributed by atoms with Gasteiger partial charge in [0.1, 0.15) is 10.6 Å². The second kappa shape index (κ2) is 7.47. The number of esters is 1. The van der Waals surface area contributed by atoms with Gasteiger partial charge in [-0.15, -0.1) is 0 Å². The minimum atomic E-state index is -0.580. The van der Waals surface area contributed by atoms with Crippen molar-refractivity contribution in [1.82, 2.24) is 0 Å². The molecule has 0 spiro atoms. The van der Waals surface area contributed by atoms with Gasteiger partial charge in [0.15, 0.2) is 0 Å². The van der Waals surface area contributed by atoms with Crippen LogP contribution >= 0.6 is 35.4 Å². The zero-order chi connectivity index (χ0) is 15.3. The highest BCUT2D eigenvalue weighted by Gasteiger charge is 2.19. The number of ether oxygens (including phenoxy) is 1. The molecule has 0 amide bonds. The van der Waals surface area contributed by atoms with Crippen LogP contribution in [0.5, 0.6) is 0 Å². The van der Waals surface area contributed by atoms with Crippen LogP contribution in [0, 0.1) is 0 Å². The monoisotopic (exact) mass is 332 g/mol. The Labute approximate surface area is 132 Å². The number of halogens is 2. The number of carbonyl (C=O) groups excluding carboxylic acids is 1. The number of rotatable bonds is 4. The molecular weight excluding hydrogens is 319 g/mol. The second-order valence-electron chi connectivity index (χ2n) is 3.86. The van der Waals surface area contributed by atoms with Gasteiger partial charge in [-0.05, 0) is 32.0 Å². The third kappa shape index (κ3) is 4.37. The molecule has 0 aliphatic heterocycles. The van der Waals surface area contributed by atoms with E-state index in [0.717, 1.165) is 0 Å². The topological polar surface area (TPSA) is 64.3 Å². The lowest BCUT2D eigenvalue weighted by Crippen LogP contribution is -2.24. The Morgan fingerprint density at radius 1 is 1.45 bits per heavy atom. The fraction of sp³-hybridized carbons (Fsp3) is 0.231. The van der Waals surface area contributed by atoms with E-state index in [1.54, 1.807) is 32.0 Å². The molecule has 0 aliphatic rings. The summed E-state index contributed by atoms with van der Waals surface area (Å²) in [6.45, 7) is 3.50. The van der Waals surface area contributed by atoms with Crippen molar-refractivity contribution >= 4 is 52.1 Å². The molecule has 0 unspecified atom stereocenters. The smallest absolute Gasteiger partial charge is 0.342 e. The van der Waals surface area contributed by atoms with Crippen LogP contribution in [0.1, 0.15) is 13.8 Å². The average Bonchev–Trinajstić information content (AvgIpc) is 2.33. The molecule has 1 aromatic carbocycles. The Hall–Kier alpha value is -1.30. The Morgan fingerprint density at radius 3 is 2.65 bits per heavy atom. The van der Waals surface area contributed by atoms with Crippen LogP contribution in [0.2, 0.25) is 10.0 Å². The van der Waals surface area contributed by atoms with Crippen LogP contribution in [0.3, 0.4) is 0 Å². The average molecular weight is 333 g/mol. The molecular formula is C13H14Cl2N2O2S. The van der Waals surface area contributed by atoms with E-state index in [0.29, 0.717) is 15.7 Å². The molecule has 0 saturated carbocycles. The summed E-state index contributed by atoms with van der Waals surface area (Å²) >= 11 is 17.1. The molecule has 0 aliphatic carbocycles. The summed E-state index contributed by atoms with van der Waals surface area (Å²) in [5.74, 6) is -0.580. The van der Waals surface area contributed by atoms with E-state index < -0.39 is 5.97 Å². The number of hydrogen-bond donors (Lipinski definition) is 2. The molecule has 3 N–H and O–H groups in total. The van der Waals surface area contributed by atoms with Gasteiger partial charge in [-0.3, -0.25) is 0 Å². The Kier molecular flexibility index (Phi) is 6.26. The lowest BCUT2D eigenvalue weighted by molar-refractivity contribution is -0.137. The largest absolute Gasteiger partial charge is 0.462 e. The number of nitrogens with one attached hydrogen (secondary N) is 1. The number of allylic oxidation sites excluding steroid dienone is 1. The molecule has 0 radical (unpaired) electrons. The summed E-state index contributed by atoms with van der Waals surface area (Å²) in [5.41, 5.74) is 6.55. The molecule has 4 nitrogen and oxygen atoms in total. The van der Waals surface area contributed by atoms with Gasteiger partial charge in [-0.2, -0.15) is 0 Å². The lowest BCUT2D eigenvalue weighted by atomic mass is 10.2. The fourth-order valence-corrected chi connectivity index (χ4v) is 2.11. The van der Waals surface area contributed by atoms with Crippen LogP contribution in [0.4, 0.5) is 5.69 Å². The molecule has 20 heavy (non-hydrogen) atoms. The van der Waals surface area contributed by atoms with Crippen LogP contribution in [-0.4, -0.2) is 17.6 Å². The third-order valence-corrected chi connectivity index (χ3v) is 3.15. The first-order valence-corrected chi connectivity index (χ1v) is 6.93. The zero-order valence-corrected chi connectivity index (χ0v) is 13.3. The van der Waals surface area contributed by atoms with Crippen LogP contribution in [0.15, 0.2) is 29.5 Å². The third-order valence-electron chi connectivity index (χ3n) is 2.28. The maximum Gasteiger partial charge on any atom is 0.342 e. The summed E-state index contributed by atoms with van der Waals surface area (Å²) in [7, 11) is 0. The number of hydrogen-bond acceptors (Lipinski definition) is 4. The number of benzene rings is 1. The first kappa shape index (κ1) is 16.8. The van der Waals surface area contributed by atoms with Crippen molar-refractivity contribution in [2.24, 2.45) is 5.73 Å². The van der Waals surface area contributed by atoms with Gasteiger partial charge in [-0.1, -0.05) is 35.4 Å². The van der Waals surface area contributed by atoms with Crippen LogP contribution < -0.4 is 11.1 Å². The van der Waals surface area contributed by atoms with E-state index in [2.05, 4.69) is 5.32 Å². The van der Waals surface area contributed by atoms with Gasteiger partial charge < -0.3 is 15.8 Å². The van der Waals surface area contributed by atoms with Crippen molar-refractivity contribution < 1.29 is 9.53 Å². The highest BCUT2D eigenvalue weighted by molar-refractivity contribution is 7.81. The highest BCUT2D eigenvalue weighted by atomic mass is 35.5. The first-order chi connectivity index (χ1) is 9.36. The molecule has 0 heterocycles. The fourth-order valence-electron chi connectivity index (χ4n) is 1.41. The van der Waals surface area contributed by atoms with Gasteiger partial charge in [0.05, 0.1) is 17.3 Å². The molecule has 0 atom stereocenters. The SMILES string of the molecule is CCOC(=O)C(C(=S)Nc1cc(Cl)ccc1Cl)=C(C)N. The second-order valence-corrected chi connectivity index (χ2v) is 5.11. The molecule has 0 bridgehead atoms. The summed E-state index contributed by atoms with van der Waals surface area (Å²) in [5, 5.41) is 3.77. The van der Waals surface area contributed by atoms with E-state index in [4.69, 9.17) is 45.9 Å². The standard InChI is InChI=1S/C13H14Cl2N2O2S/c1-3-19-13(18)11(7(2)16)12(20)17-10-6-8(14)4-5-9(10)15/h4-6H,3,16H2,1-2H3,(H,17,20). The number of nitrogens with two attached hydrogens (primary N) is 1. The maximum absolute atomic E-state index is 11.8. The molecule has 7 heteroatoms. The minimum Gasteiger partial charge on any atom is -0.462 e. The summed E-state index contributed by atoms with van der Waals surface area (Å²) < 4.78 is 4.91. The van der Waals surface area contributed by atoms with Gasteiger partial charge in [0, 0.05) is 10.7 Å². The number of thiocarbonyl (C=S) groups is 1. The number of carbonyl (C=O) groups is 1. The maximum atomic E-state index is 11.8. The molecule has 1 aromatic rings. The molecule has 1 rings (SSSR count). The first-order valence-electron chi connectivity index (χ1n) is 5.76. The van der Waals surface area contributed by atoms with Gasteiger partial charge in [0.2, 0.25) is 0 Å². The highest BCUT2D eigenvalue weighted by Crippen LogP contribution is 2.26. The van der Waals surface area contributed by atoms with E-state index >= 15 is 0 Å². The van der Waals surface area contributed by atoms with Crippen molar-refractivity contribution in [1.29, 1.82) is 0 Å².